The number of nitro groups is 1. The molecule has 2 rings (SSSR count). The van der Waals surface area contributed by atoms with Crippen molar-refractivity contribution in [1.82, 2.24) is 0 Å². The Balaban J connectivity index is 2.55. The van der Waals surface area contributed by atoms with Crippen LogP contribution in [-0.2, 0) is 0 Å². The van der Waals surface area contributed by atoms with E-state index in [1.54, 1.807) is 38.5 Å². The summed E-state index contributed by atoms with van der Waals surface area (Å²) >= 11 is 0. The molecule has 114 valence electrons. The molecule has 0 amide bonds. The van der Waals surface area contributed by atoms with Gasteiger partial charge in [-0.1, -0.05) is 24.3 Å². The molecule has 0 aliphatic rings. The molecule has 0 aliphatic carbocycles. The molecule has 22 heavy (non-hydrogen) atoms. The minimum atomic E-state index is -0.371. The van der Waals surface area contributed by atoms with Crippen LogP contribution in [-0.4, -0.2) is 19.1 Å². The van der Waals surface area contributed by atoms with Gasteiger partial charge in [-0.05, 0) is 35.4 Å². The van der Waals surface area contributed by atoms with Crippen molar-refractivity contribution in [2.24, 2.45) is 0 Å². The predicted octanol–water partition coefficient (Wildman–Crippen LogP) is 3.76. The molecule has 0 fully saturated rings. The van der Waals surface area contributed by atoms with Gasteiger partial charge >= 0.3 is 0 Å². The fourth-order valence-electron chi connectivity index (χ4n) is 2.19. The highest BCUT2D eigenvalue weighted by Gasteiger charge is 2.17. The zero-order valence-electron chi connectivity index (χ0n) is 12.7. The Kier molecular flexibility index (Phi) is 4.78. The van der Waals surface area contributed by atoms with Gasteiger partial charge in [-0.3, -0.25) is 10.1 Å². The van der Waals surface area contributed by atoms with Crippen LogP contribution in [0.1, 0.15) is 18.1 Å². The van der Waals surface area contributed by atoms with Crippen LogP contribution in [0.25, 0.3) is 5.57 Å². The minimum Gasteiger partial charge on any atom is -0.497 e. The molecule has 5 heteroatoms. The van der Waals surface area contributed by atoms with E-state index in [9.17, 15) is 10.1 Å². The van der Waals surface area contributed by atoms with Crippen LogP contribution in [0.5, 0.6) is 11.5 Å². The van der Waals surface area contributed by atoms with E-state index in [4.69, 9.17) is 9.47 Å². The molecule has 0 bridgehead atoms. The maximum Gasteiger partial charge on any atom is 0.251 e. The Morgan fingerprint density at radius 2 is 1.23 bits per heavy atom. The van der Waals surface area contributed by atoms with Gasteiger partial charge in [0, 0.05) is 6.92 Å². The third kappa shape index (κ3) is 3.25. The number of benzene rings is 2. The summed E-state index contributed by atoms with van der Waals surface area (Å²) in [6.07, 6.45) is 0. The van der Waals surface area contributed by atoms with Gasteiger partial charge in [-0.2, -0.15) is 0 Å². The summed E-state index contributed by atoms with van der Waals surface area (Å²) in [7, 11) is 3.16. The average molecular weight is 299 g/mol. The monoisotopic (exact) mass is 299 g/mol. The number of hydrogen-bond donors (Lipinski definition) is 0. The highest BCUT2D eigenvalue weighted by molar-refractivity contribution is 5.81. The molecule has 0 radical (unpaired) electrons. The highest BCUT2D eigenvalue weighted by Crippen LogP contribution is 2.29. The largest absolute Gasteiger partial charge is 0.497 e. The third-order valence-electron chi connectivity index (χ3n) is 3.39. The van der Waals surface area contributed by atoms with Crippen LogP contribution in [0.4, 0.5) is 0 Å². The Morgan fingerprint density at radius 3 is 1.50 bits per heavy atom. The summed E-state index contributed by atoms with van der Waals surface area (Å²) in [6, 6.07) is 14.4. The maximum atomic E-state index is 11.2. The van der Waals surface area contributed by atoms with E-state index < -0.39 is 0 Å². The van der Waals surface area contributed by atoms with Gasteiger partial charge in [0.15, 0.2) is 0 Å². The van der Waals surface area contributed by atoms with E-state index >= 15 is 0 Å². The van der Waals surface area contributed by atoms with Crippen molar-refractivity contribution >= 4 is 5.57 Å². The summed E-state index contributed by atoms with van der Waals surface area (Å²) in [6.45, 7) is 1.50. The topological polar surface area (TPSA) is 61.6 Å². The Morgan fingerprint density at radius 1 is 0.864 bits per heavy atom. The van der Waals surface area contributed by atoms with E-state index in [1.807, 2.05) is 24.3 Å². The van der Waals surface area contributed by atoms with Gasteiger partial charge in [0.25, 0.3) is 5.70 Å². The van der Waals surface area contributed by atoms with Crippen molar-refractivity contribution in [3.05, 3.63) is 75.5 Å². The van der Waals surface area contributed by atoms with Crippen LogP contribution in [0.15, 0.2) is 54.2 Å². The average Bonchev–Trinajstić information content (AvgIpc) is 2.56. The first-order valence-electron chi connectivity index (χ1n) is 6.71. The zero-order chi connectivity index (χ0) is 16.1. The van der Waals surface area contributed by atoms with Gasteiger partial charge in [0.05, 0.1) is 24.7 Å². The van der Waals surface area contributed by atoms with Crippen molar-refractivity contribution in [2.75, 3.05) is 14.2 Å². The summed E-state index contributed by atoms with van der Waals surface area (Å²) in [5, 5.41) is 11.2. The molecule has 0 N–H and O–H groups in total. The Labute approximate surface area is 129 Å². The van der Waals surface area contributed by atoms with E-state index in [1.165, 1.54) is 6.92 Å². The SMILES string of the molecule is COc1ccc(C(=C(C)[N+](=O)[O-])c2ccc(OC)cc2)cc1. The lowest BCUT2D eigenvalue weighted by Crippen LogP contribution is -2.01. The molecule has 0 spiro atoms. The summed E-state index contributed by atoms with van der Waals surface area (Å²) in [5.74, 6) is 1.41. The number of allylic oxidation sites excluding steroid dienone is 1. The van der Waals surface area contributed by atoms with Gasteiger partial charge in [0.2, 0.25) is 0 Å². The highest BCUT2D eigenvalue weighted by atomic mass is 16.6. The number of rotatable bonds is 5. The lowest BCUT2D eigenvalue weighted by molar-refractivity contribution is -0.423. The van der Waals surface area contributed by atoms with Crippen molar-refractivity contribution < 1.29 is 14.4 Å². The normalized spacial score (nSPS) is 9.95. The smallest absolute Gasteiger partial charge is 0.251 e. The Hall–Kier alpha value is -2.82. The molecule has 0 aromatic heterocycles. The molecule has 2 aromatic carbocycles. The predicted molar refractivity (Wildman–Crippen MR) is 84.7 cm³/mol. The van der Waals surface area contributed by atoms with Crippen LogP contribution in [0.2, 0.25) is 0 Å². The van der Waals surface area contributed by atoms with Crippen molar-refractivity contribution in [1.29, 1.82) is 0 Å². The van der Waals surface area contributed by atoms with E-state index in [-0.39, 0.29) is 10.6 Å². The second-order valence-electron chi connectivity index (χ2n) is 4.67. The number of nitrogens with zero attached hydrogens (tertiary/aromatic N) is 1. The molecule has 5 nitrogen and oxygen atoms in total. The Bertz CT molecular complexity index is 638. The van der Waals surface area contributed by atoms with E-state index in [0.717, 1.165) is 11.1 Å². The quantitative estimate of drug-likeness (QED) is 0.623. The fourth-order valence-corrected chi connectivity index (χ4v) is 2.19. The molecule has 0 heterocycles. The molecule has 0 saturated heterocycles. The first-order chi connectivity index (χ1) is 10.6. The van der Waals surface area contributed by atoms with Gasteiger partial charge in [-0.25, -0.2) is 0 Å². The standard InChI is InChI=1S/C17H17NO4/c1-12(18(19)20)17(13-4-8-15(21-2)9-5-13)14-6-10-16(22-3)11-7-14/h4-11H,1-3H3. The zero-order valence-corrected chi connectivity index (χ0v) is 12.7. The number of hydrogen-bond acceptors (Lipinski definition) is 4. The van der Waals surface area contributed by atoms with Gasteiger partial charge in [0.1, 0.15) is 11.5 Å². The lowest BCUT2D eigenvalue weighted by atomic mass is 9.96. The lowest BCUT2D eigenvalue weighted by Gasteiger charge is -2.10. The maximum absolute atomic E-state index is 11.2. The summed E-state index contributed by atoms with van der Waals surface area (Å²) < 4.78 is 10.3. The van der Waals surface area contributed by atoms with E-state index in [0.29, 0.717) is 17.1 Å². The summed E-state index contributed by atoms with van der Waals surface area (Å²) in [5.41, 5.74) is 2.20. The molecular formula is C17H17NO4. The molecule has 0 aliphatic heterocycles. The third-order valence-corrected chi connectivity index (χ3v) is 3.39. The van der Waals surface area contributed by atoms with Crippen molar-refractivity contribution in [2.45, 2.75) is 6.92 Å². The first-order valence-corrected chi connectivity index (χ1v) is 6.71. The van der Waals surface area contributed by atoms with Crippen molar-refractivity contribution in [3.63, 3.8) is 0 Å². The number of methoxy groups -OCH3 is 2. The van der Waals surface area contributed by atoms with Crippen LogP contribution in [0, 0.1) is 10.1 Å². The van der Waals surface area contributed by atoms with E-state index in [2.05, 4.69) is 0 Å². The number of ether oxygens (including phenoxy) is 2. The van der Waals surface area contributed by atoms with Gasteiger partial charge < -0.3 is 9.47 Å². The summed E-state index contributed by atoms with van der Waals surface area (Å²) in [4.78, 5) is 10.9. The molecule has 0 atom stereocenters. The fraction of sp³-hybridized carbons (Fsp3) is 0.176. The van der Waals surface area contributed by atoms with Gasteiger partial charge in [-0.15, -0.1) is 0 Å². The second-order valence-corrected chi connectivity index (χ2v) is 4.67. The second kappa shape index (κ2) is 6.76. The van der Waals surface area contributed by atoms with Crippen molar-refractivity contribution in [3.8, 4) is 11.5 Å². The molecule has 0 saturated carbocycles. The molecule has 2 aromatic rings. The van der Waals surface area contributed by atoms with Crippen LogP contribution < -0.4 is 9.47 Å². The van der Waals surface area contributed by atoms with Crippen LogP contribution in [0.3, 0.4) is 0 Å². The molecular weight excluding hydrogens is 282 g/mol. The molecule has 0 unspecified atom stereocenters. The first kappa shape index (κ1) is 15.6. The van der Waals surface area contributed by atoms with Crippen LogP contribution >= 0.6 is 0 Å². The minimum absolute atomic E-state index is 0.0929.